The molecule has 3 aromatic carbocycles. The van der Waals surface area contributed by atoms with E-state index in [0.717, 1.165) is 36.8 Å². The van der Waals surface area contributed by atoms with Crippen molar-refractivity contribution in [3.05, 3.63) is 106 Å². The van der Waals surface area contributed by atoms with Crippen molar-refractivity contribution in [1.82, 2.24) is 4.90 Å². The second kappa shape index (κ2) is 18.5. The predicted molar refractivity (Wildman–Crippen MR) is 225 cm³/mol. The lowest BCUT2D eigenvalue weighted by atomic mass is 9.55. The Hall–Kier alpha value is -5.64. The number of oxime groups is 1. The smallest absolute Gasteiger partial charge is 0.416 e. The molecular formula is C46H55N3O12. The first-order chi connectivity index (χ1) is 29.3. The van der Waals surface area contributed by atoms with Gasteiger partial charge < -0.3 is 43.8 Å². The topological polar surface area (TPSA) is 192 Å². The number of rotatable bonds is 17. The highest BCUT2D eigenvalue weighted by Crippen LogP contribution is 2.62. The van der Waals surface area contributed by atoms with E-state index >= 15 is 0 Å². The van der Waals surface area contributed by atoms with Gasteiger partial charge in [-0.15, -0.1) is 6.58 Å². The van der Waals surface area contributed by atoms with Gasteiger partial charge in [0.2, 0.25) is 12.6 Å². The summed E-state index contributed by atoms with van der Waals surface area (Å²) in [4.78, 5) is 33.7. The maximum atomic E-state index is 15.0. The van der Waals surface area contributed by atoms with E-state index in [1.165, 1.54) is 24.3 Å². The number of benzene rings is 3. The second-order valence-electron chi connectivity index (χ2n) is 16.9. The van der Waals surface area contributed by atoms with Crippen LogP contribution in [0, 0.1) is 27.9 Å². The SMILES string of the molecule is C=CCOC12Oc3ccc(O)cc3C3C(CCCCO)C(CCCCO)C=C(C(=NOC(C)(C)C)CC1N(Cc1ccc4c(c1)OCO4)C(=O)Oc1ccc([N+](=O)[O-])cc1)C32. The van der Waals surface area contributed by atoms with Crippen LogP contribution < -0.4 is 18.9 Å². The van der Waals surface area contributed by atoms with Crippen molar-refractivity contribution in [2.75, 3.05) is 26.6 Å². The van der Waals surface area contributed by atoms with Crippen molar-refractivity contribution in [3.63, 3.8) is 0 Å². The first-order valence-corrected chi connectivity index (χ1v) is 20.9. The van der Waals surface area contributed by atoms with E-state index in [9.17, 15) is 30.2 Å². The molecule has 0 aromatic heterocycles. The number of phenolic OH excluding ortho intramolecular Hbond substituents is 1. The van der Waals surface area contributed by atoms with Crippen molar-refractivity contribution in [3.8, 4) is 28.7 Å². The lowest BCUT2D eigenvalue weighted by Gasteiger charge is -2.59. The Balaban J connectivity index is 1.45. The minimum Gasteiger partial charge on any atom is -0.508 e. The van der Waals surface area contributed by atoms with E-state index in [1.54, 1.807) is 41.3 Å². The number of carbonyl (C=O) groups is 1. The van der Waals surface area contributed by atoms with Gasteiger partial charge in [-0.05, 0) is 112 Å². The van der Waals surface area contributed by atoms with Crippen LogP contribution in [0.25, 0.3) is 0 Å². The quantitative estimate of drug-likeness (QED) is 0.0512. The van der Waals surface area contributed by atoms with Gasteiger partial charge in [-0.25, -0.2) is 4.79 Å². The molecule has 326 valence electrons. The zero-order chi connectivity index (χ0) is 43.3. The average Bonchev–Trinajstić information content (AvgIpc) is 3.71. The molecule has 6 unspecified atom stereocenters. The van der Waals surface area contributed by atoms with Crippen LogP contribution in [0.5, 0.6) is 28.7 Å². The Labute approximate surface area is 355 Å². The molecule has 7 rings (SSSR count). The molecule has 2 heterocycles. The Morgan fingerprint density at radius 3 is 2.43 bits per heavy atom. The monoisotopic (exact) mass is 841 g/mol. The molecule has 0 saturated heterocycles. The fourth-order valence-corrected chi connectivity index (χ4v) is 9.18. The summed E-state index contributed by atoms with van der Waals surface area (Å²) in [6.45, 7) is 9.86. The maximum absolute atomic E-state index is 15.0. The average molecular weight is 842 g/mol. The molecule has 61 heavy (non-hydrogen) atoms. The number of carbonyl (C=O) groups excluding carboxylic acids is 1. The summed E-state index contributed by atoms with van der Waals surface area (Å²) in [6, 6.07) is 14.8. The summed E-state index contributed by atoms with van der Waals surface area (Å²) in [7, 11) is 0. The van der Waals surface area contributed by atoms with E-state index < -0.39 is 34.4 Å². The van der Waals surface area contributed by atoms with Crippen LogP contribution in [0.4, 0.5) is 10.5 Å². The highest BCUT2D eigenvalue weighted by molar-refractivity contribution is 6.03. The number of unbranched alkanes of at least 4 members (excludes halogenated alkanes) is 2. The first kappa shape index (κ1) is 43.4. The van der Waals surface area contributed by atoms with Crippen molar-refractivity contribution < 1.29 is 53.6 Å². The summed E-state index contributed by atoms with van der Waals surface area (Å²) >= 11 is 0. The third-order valence-corrected chi connectivity index (χ3v) is 11.7. The molecule has 2 aliphatic heterocycles. The van der Waals surface area contributed by atoms with Crippen molar-refractivity contribution in [2.45, 2.75) is 95.6 Å². The third-order valence-electron chi connectivity index (χ3n) is 11.7. The van der Waals surface area contributed by atoms with Crippen molar-refractivity contribution in [1.29, 1.82) is 0 Å². The number of ether oxygens (including phenoxy) is 5. The molecule has 1 saturated carbocycles. The number of amides is 1. The lowest BCUT2D eigenvalue weighted by Crippen LogP contribution is -2.70. The van der Waals surface area contributed by atoms with Gasteiger partial charge in [-0.3, -0.25) is 15.0 Å². The summed E-state index contributed by atoms with van der Waals surface area (Å²) in [5.41, 5.74) is 2.04. The van der Waals surface area contributed by atoms with Gasteiger partial charge in [-0.1, -0.05) is 36.2 Å². The fourth-order valence-electron chi connectivity index (χ4n) is 9.18. The highest BCUT2D eigenvalue weighted by Gasteiger charge is 2.66. The van der Waals surface area contributed by atoms with Gasteiger partial charge in [0.1, 0.15) is 28.9 Å². The van der Waals surface area contributed by atoms with Crippen LogP contribution in [0.1, 0.15) is 82.8 Å². The normalized spacial score (nSPS) is 24.2. The minimum absolute atomic E-state index is 0.000112. The predicted octanol–water partition coefficient (Wildman–Crippen LogP) is 8.16. The van der Waals surface area contributed by atoms with E-state index in [0.29, 0.717) is 41.4 Å². The third kappa shape index (κ3) is 9.33. The molecule has 15 nitrogen and oxygen atoms in total. The van der Waals surface area contributed by atoms with E-state index in [2.05, 4.69) is 12.7 Å². The number of non-ortho nitro benzene ring substituents is 1. The number of aliphatic hydroxyl groups is 2. The maximum Gasteiger partial charge on any atom is 0.416 e. The van der Waals surface area contributed by atoms with Crippen LogP contribution in [-0.4, -0.2) is 81.0 Å². The number of aliphatic hydroxyl groups excluding tert-OH is 2. The van der Waals surface area contributed by atoms with Gasteiger partial charge in [0, 0.05) is 49.8 Å². The minimum atomic E-state index is -1.61. The molecule has 0 radical (unpaired) electrons. The van der Waals surface area contributed by atoms with Gasteiger partial charge in [0.15, 0.2) is 11.5 Å². The zero-order valence-electron chi connectivity index (χ0n) is 34.9. The number of allylic oxidation sites excluding steroid dienone is 1. The second-order valence-corrected chi connectivity index (χ2v) is 16.9. The molecule has 3 aromatic rings. The number of phenols is 1. The van der Waals surface area contributed by atoms with Gasteiger partial charge in [-0.2, -0.15) is 0 Å². The Morgan fingerprint density at radius 1 is 1.00 bits per heavy atom. The molecule has 4 aliphatic rings. The van der Waals surface area contributed by atoms with Gasteiger partial charge in [0.05, 0.1) is 23.2 Å². The standard InChI is InChI=1S/C46H55N3O12/c1-5-22-58-46-41(48(27-29-12-18-39-40(23-29)57-28-56-39)44(53)59-33-16-13-31(14-17-33)49(54)55)26-37(47-61-45(2,3)4)35-24-30(10-6-8-20-50)34(11-7-9-21-51)42(43(35)46)36-25-32(52)15-19-38(36)60-46/h5,12-19,23-25,30,34,41-43,50-52H,1,6-11,20-22,26-28H2,2-4H3. The fraction of sp³-hybridized carbons (Fsp3) is 0.478. The molecule has 2 aliphatic carbocycles. The number of nitrogens with zero attached hydrogens (tertiary/aromatic N) is 3. The number of hydrogen-bond donors (Lipinski definition) is 3. The number of hydrogen-bond acceptors (Lipinski definition) is 13. The zero-order valence-corrected chi connectivity index (χ0v) is 34.9. The number of aromatic hydroxyl groups is 1. The molecule has 1 amide bonds. The molecule has 15 heteroatoms. The highest BCUT2D eigenvalue weighted by atomic mass is 16.7. The van der Waals surface area contributed by atoms with E-state index in [1.807, 2.05) is 26.8 Å². The van der Waals surface area contributed by atoms with Gasteiger partial charge >= 0.3 is 6.09 Å². The van der Waals surface area contributed by atoms with Crippen LogP contribution in [0.2, 0.25) is 0 Å². The van der Waals surface area contributed by atoms with Crippen molar-refractivity contribution >= 4 is 17.5 Å². The van der Waals surface area contributed by atoms with E-state index in [-0.39, 0.29) is 74.5 Å². The Kier molecular flexibility index (Phi) is 13.2. The van der Waals surface area contributed by atoms with Gasteiger partial charge in [0.25, 0.3) is 5.69 Å². The molecule has 1 fully saturated rings. The van der Waals surface area contributed by atoms with Crippen molar-refractivity contribution in [2.24, 2.45) is 22.9 Å². The molecule has 6 atom stereocenters. The number of nitro groups is 1. The van der Waals surface area contributed by atoms with Crippen LogP contribution in [-0.2, 0) is 16.1 Å². The Morgan fingerprint density at radius 2 is 1.72 bits per heavy atom. The molecule has 0 spiro atoms. The summed E-state index contributed by atoms with van der Waals surface area (Å²) in [6.07, 6.45) is 7.40. The van der Waals surface area contributed by atoms with E-state index in [4.69, 9.17) is 33.7 Å². The first-order valence-electron chi connectivity index (χ1n) is 20.9. The van der Waals surface area contributed by atoms with Crippen LogP contribution in [0.15, 0.2) is 90.1 Å². The largest absolute Gasteiger partial charge is 0.508 e. The Bertz CT molecular complexity index is 2130. The molecule has 3 N–H and O–H groups in total. The summed E-state index contributed by atoms with van der Waals surface area (Å²) in [5.74, 6) is -0.908. The lowest BCUT2D eigenvalue weighted by molar-refractivity contribution is -0.384. The number of fused-ring (bicyclic) bond motifs is 3. The van der Waals surface area contributed by atoms with Crippen LogP contribution in [0.3, 0.4) is 0 Å². The summed E-state index contributed by atoms with van der Waals surface area (Å²) in [5, 5.41) is 47.1. The summed E-state index contributed by atoms with van der Waals surface area (Å²) < 4.78 is 31.6. The molecular weight excluding hydrogens is 787 g/mol. The molecule has 0 bridgehead atoms. The van der Waals surface area contributed by atoms with Crippen LogP contribution >= 0.6 is 0 Å². The number of nitro benzene ring substituents is 1.